The van der Waals surface area contributed by atoms with Crippen LogP contribution in [-0.4, -0.2) is 32.2 Å². The Labute approximate surface area is 109 Å². The highest BCUT2D eigenvalue weighted by molar-refractivity contribution is 7.90. The number of nitro benzene ring substituents is 1. The lowest BCUT2D eigenvalue weighted by molar-refractivity contribution is -0.385. The van der Waals surface area contributed by atoms with Gasteiger partial charge in [0, 0.05) is 19.2 Å². The van der Waals surface area contributed by atoms with E-state index in [1.165, 1.54) is 0 Å². The molecular weight excluding hydrogens is 275 g/mol. The van der Waals surface area contributed by atoms with Gasteiger partial charge in [0.25, 0.3) is 5.69 Å². The zero-order valence-corrected chi connectivity index (χ0v) is 10.8. The Morgan fingerprint density at radius 3 is 2.58 bits per heavy atom. The van der Waals surface area contributed by atoms with Crippen molar-refractivity contribution in [2.24, 2.45) is 5.92 Å². The summed E-state index contributed by atoms with van der Waals surface area (Å²) >= 11 is 0. The molecule has 0 saturated carbocycles. The highest BCUT2D eigenvalue weighted by Gasteiger charge is 2.25. The van der Waals surface area contributed by atoms with Crippen LogP contribution in [0.25, 0.3) is 0 Å². The number of nitrogens with zero attached hydrogens (tertiary/aromatic N) is 1. The monoisotopic (exact) mass is 288 g/mol. The number of sulfone groups is 1. The first-order valence-electron chi connectivity index (χ1n) is 5.71. The number of nitro groups is 1. The molecular formula is C11H13FN2O4S. The topological polar surface area (TPSA) is 89.3 Å². The molecule has 19 heavy (non-hydrogen) atoms. The summed E-state index contributed by atoms with van der Waals surface area (Å²) in [7, 11) is -3.38. The van der Waals surface area contributed by atoms with Crippen LogP contribution in [0.1, 0.15) is 5.56 Å². The van der Waals surface area contributed by atoms with Crippen molar-refractivity contribution < 1.29 is 17.7 Å². The summed E-state index contributed by atoms with van der Waals surface area (Å²) < 4.78 is 36.9. The first-order chi connectivity index (χ1) is 8.85. The molecule has 0 aliphatic carbocycles. The van der Waals surface area contributed by atoms with E-state index in [4.69, 9.17) is 0 Å². The van der Waals surface area contributed by atoms with Crippen LogP contribution in [0.5, 0.6) is 0 Å². The van der Waals surface area contributed by atoms with Crippen LogP contribution >= 0.6 is 0 Å². The first-order valence-corrected chi connectivity index (χ1v) is 7.53. The van der Waals surface area contributed by atoms with E-state index in [2.05, 4.69) is 5.32 Å². The predicted octanol–water partition coefficient (Wildman–Crippen LogP) is 0.868. The molecule has 1 heterocycles. The fourth-order valence-electron chi connectivity index (χ4n) is 1.96. The largest absolute Gasteiger partial charge is 0.316 e. The summed E-state index contributed by atoms with van der Waals surface area (Å²) in [6.45, 7) is 1.31. The molecule has 1 saturated heterocycles. The fourth-order valence-corrected chi connectivity index (χ4v) is 3.71. The Bertz CT molecular complexity index is 599. The molecule has 0 bridgehead atoms. The number of hydrogen-bond acceptors (Lipinski definition) is 5. The second-order valence-electron chi connectivity index (χ2n) is 4.65. The van der Waals surface area contributed by atoms with E-state index in [0.717, 1.165) is 18.2 Å². The molecule has 0 unspecified atom stereocenters. The standard InChI is InChI=1S/C11H13FN2O4S/c12-10-1-8(2-11(3-10)14(15)16)6-19(17,18)7-9-4-13-5-9/h1-3,9,13H,4-7H2. The summed E-state index contributed by atoms with van der Waals surface area (Å²) in [6.07, 6.45) is 0. The van der Waals surface area contributed by atoms with E-state index in [1.54, 1.807) is 0 Å². The average molecular weight is 288 g/mol. The molecule has 1 aliphatic heterocycles. The smallest absolute Gasteiger partial charge is 0.272 e. The van der Waals surface area contributed by atoms with Gasteiger partial charge in [-0.3, -0.25) is 10.1 Å². The zero-order valence-electron chi connectivity index (χ0n) is 10.0. The highest BCUT2D eigenvalue weighted by atomic mass is 32.2. The molecule has 104 valence electrons. The lowest BCUT2D eigenvalue weighted by Gasteiger charge is -2.26. The summed E-state index contributed by atoms with van der Waals surface area (Å²) in [5, 5.41) is 13.6. The minimum atomic E-state index is -3.38. The van der Waals surface area contributed by atoms with E-state index in [1.807, 2.05) is 0 Å². The maximum Gasteiger partial charge on any atom is 0.272 e. The van der Waals surface area contributed by atoms with Crippen LogP contribution in [-0.2, 0) is 15.6 Å². The lowest BCUT2D eigenvalue weighted by Crippen LogP contribution is -2.45. The van der Waals surface area contributed by atoms with Crippen molar-refractivity contribution >= 4 is 15.5 Å². The summed E-state index contributed by atoms with van der Waals surface area (Å²) in [4.78, 5) is 9.84. The molecule has 0 radical (unpaired) electrons. The van der Waals surface area contributed by atoms with E-state index < -0.39 is 26.3 Å². The van der Waals surface area contributed by atoms with Crippen LogP contribution in [0.15, 0.2) is 18.2 Å². The Hall–Kier alpha value is -1.54. The maximum atomic E-state index is 13.2. The molecule has 1 fully saturated rings. The van der Waals surface area contributed by atoms with Gasteiger partial charge in [0.1, 0.15) is 5.82 Å². The number of non-ortho nitro benzene ring substituents is 1. The number of hydrogen-bond donors (Lipinski definition) is 1. The van der Waals surface area contributed by atoms with Crippen molar-refractivity contribution in [2.75, 3.05) is 18.8 Å². The number of benzene rings is 1. The molecule has 0 aromatic heterocycles. The normalized spacial score (nSPS) is 16.1. The van der Waals surface area contributed by atoms with Gasteiger partial charge in [-0.25, -0.2) is 12.8 Å². The summed E-state index contributed by atoms with van der Waals surface area (Å²) in [5.74, 6) is -1.08. The number of nitrogens with one attached hydrogen (secondary N) is 1. The van der Waals surface area contributed by atoms with Gasteiger partial charge in [-0.1, -0.05) is 0 Å². The van der Waals surface area contributed by atoms with E-state index in [-0.39, 0.29) is 23.0 Å². The predicted molar refractivity (Wildman–Crippen MR) is 66.9 cm³/mol. The Morgan fingerprint density at radius 1 is 1.37 bits per heavy atom. The average Bonchev–Trinajstić information content (AvgIpc) is 2.22. The minimum absolute atomic E-state index is 0.0182. The van der Waals surface area contributed by atoms with Gasteiger partial charge in [0.05, 0.1) is 22.5 Å². The highest BCUT2D eigenvalue weighted by Crippen LogP contribution is 2.19. The minimum Gasteiger partial charge on any atom is -0.316 e. The number of halogens is 1. The molecule has 8 heteroatoms. The van der Waals surface area contributed by atoms with Gasteiger partial charge in [-0.05, 0) is 17.5 Å². The maximum absolute atomic E-state index is 13.2. The van der Waals surface area contributed by atoms with Crippen LogP contribution in [0.4, 0.5) is 10.1 Å². The second-order valence-corrected chi connectivity index (χ2v) is 6.76. The van der Waals surface area contributed by atoms with Crippen LogP contribution in [0.3, 0.4) is 0 Å². The molecule has 1 N–H and O–H groups in total. The SMILES string of the molecule is O=[N+]([O-])c1cc(F)cc(CS(=O)(=O)CC2CNC2)c1. The van der Waals surface area contributed by atoms with Gasteiger partial charge in [-0.15, -0.1) is 0 Å². The van der Waals surface area contributed by atoms with E-state index in [9.17, 15) is 22.9 Å². The van der Waals surface area contributed by atoms with Crippen LogP contribution < -0.4 is 5.32 Å². The molecule has 0 spiro atoms. The van der Waals surface area contributed by atoms with Gasteiger partial charge in [0.15, 0.2) is 9.84 Å². The van der Waals surface area contributed by atoms with Crippen LogP contribution in [0, 0.1) is 21.8 Å². The quantitative estimate of drug-likeness (QED) is 0.641. The van der Waals surface area contributed by atoms with Crippen molar-refractivity contribution in [3.8, 4) is 0 Å². The Morgan fingerprint density at radius 2 is 2.05 bits per heavy atom. The molecule has 0 amide bonds. The molecule has 1 aliphatic rings. The molecule has 1 aromatic rings. The molecule has 1 aromatic carbocycles. The molecule has 6 nitrogen and oxygen atoms in total. The number of rotatable bonds is 5. The Balaban J connectivity index is 2.15. The third-order valence-electron chi connectivity index (χ3n) is 2.90. The Kier molecular flexibility index (Phi) is 3.81. The first kappa shape index (κ1) is 13.9. The fraction of sp³-hybridized carbons (Fsp3) is 0.455. The van der Waals surface area contributed by atoms with E-state index in [0.29, 0.717) is 13.1 Å². The lowest BCUT2D eigenvalue weighted by atomic mass is 10.1. The van der Waals surface area contributed by atoms with Crippen LogP contribution in [0.2, 0.25) is 0 Å². The van der Waals surface area contributed by atoms with Gasteiger partial charge < -0.3 is 5.32 Å². The summed E-state index contributed by atoms with van der Waals surface area (Å²) in [6, 6.07) is 2.88. The molecule has 0 atom stereocenters. The van der Waals surface area contributed by atoms with Gasteiger partial charge in [-0.2, -0.15) is 0 Å². The van der Waals surface area contributed by atoms with Crippen molar-refractivity contribution in [1.29, 1.82) is 0 Å². The van der Waals surface area contributed by atoms with Crippen molar-refractivity contribution in [1.82, 2.24) is 5.32 Å². The van der Waals surface area contributed by atoms with Gasteiger partial charge in [0.2, 0.25) is 0 Å². The van der Waals surface area contributed by atoms with E-state index >= 15 is 0 Å². The zero-order chi connectivity index (χ0) is 14.0. The third-order valence-corrected chi connectivity index (χ3v) is 4.65. The molecule has 2 rings (SSSR count). The van der Waals surface area contributed by atoms with Gasteiger partial charge >= 0.3 is 0 Å². The van der Waals surface area contributed by atoms with Crippen molar-refractivity contribution in [2.45, 2.75) is 5.75 Å². The van der Waals surface area contributed by atoms with Crippen molar-refractivity contribution in [3.05, 3.63) is 39.7 Å². The van der Waals surface area contributed by atoms with Crippen molar-refractivity contribution in [3.63, 3.8) is 0 Å². The third kappa shape index (κ3) is 3.71. The second kappa shape index (κ2) is 5.22. The summed E-state index contributed by atoms with van der Waals surface area (Å²) in [5.41, 5.74) is -0.325.